The van der Waals surface area contributed by atoms with E-state index in [2.05, 4.69) is 17.6 Å². The third-order valence-corrected chi connectivity index (χ3v) is 3.52. The largest absolute Gasteiger partial charge is 0.495 e. The van der Waals surface area contributed by atoms with Gasteiger partial charge in [-0.2, -0.15) is 0 Å². The fraction of sp³-hybridized carbons (Fsp3) is 0.235. The predicted octanol–water partition coefficient (Wildman–Crippen LogP) is 3.96. The smallest absolute Gasteiger partial charge is 0.243 e. The van der Waals surface area contributed by atoms with Crippen LogP contribution < -0.4 is 15.4 Å². The highest BCUT2D eigenvalue weighted by molar-refractivity contribution is 6.32. The van der Waals surface area contributed by atoms with Gasteiger partial charge in [-0.15, -0.1) is 0 Å². The van der Waals surface area contributed by atoms with Crippen molar-refractivity contribution in [3.63, 3.8) is 0 Å². The van der Waals surface area contributed by atoms with Crippen molar-refractivity contribution in [2.45, 2.75) is 13.3 Å². The Labute approximate surface area is 135 Å². The molecule has 0 aromatic heterocycles. The number of hydrogen-bond donors (Lipinski definition) is 2. The van der Waals surface area contributed by atoms with Crippen molar-refractivity contribution in [1.29, 1.82) is 0 Å². The number of amides is 1. The first kappa shape index (κ1) is 16.2. The molecule has 0 heterocycles. The average Bonchev–Trinajstić information content (AvgIpc) is 2.53. The first-order chi connectivity index (χ1) is 10.6. The number of halogens is 1. The van der Waals surface area contributed by atoms with Gasteiger partial charge in [-0.1, -0.05) is 30.7 Å². The standard InChI is InChI=1S/C17H19ClN2O2/c1-3-12-5-4-6-14(9-12)20-17(21)11-19-13-7-8-16(22-2)15(18)10-13/h4-10,19H,3,11H2,1-2H3,(H,20,21). The molecule has 2 aromatic rings. The van der Waals surface area contributed by atoms with E-state index >= 15 is 0 Å². The lowest BCUT2D eigenvalue weighted by atomic mass is 10.1. The van der Waals surface area contributed by atoms with Gasteiger partial charge in [-0.05, 0) is 42.3 Å². The molecule has 116 valence electrons. The van der Waals surface area contributed by atoms with E-state index in [1.54, 1.807) is 19.2 Å². The molecule has 0 spiro atoms. The van der Waals surface area contributed by atoms with E-state index < -0.39 is 0 Å². The van der Waals surface area contributed by atoms with Crippen molar-refractivity contribution in [1.82, 2.24) is 0 Å². The van der Waals surface area contributed by atoms with Gasteiger partial charge in [0, 0.05) is 11.4 Å². The van der Waals surface area contributed by atoms with Crippen LogP contribution >= 0.6 is 11.6 Å². The highest BCUT2D eigenvalue weighted by Crippen LogP contribution is 2.27. The molecule has 2 rings (SSSR count). The van der Waals surface area contributed by atoms with Gasteiger partial charge in [0.2, 0.25) is 5.91 Å². The Morgan fingerprint density at radius 3 is 2.68 bits per heavy atom. The molecule has 0 saturated carbocycles. The Kier molecular flexibility index (Phi) is 5.67. The third kappa shape index (κ3) is 4.40. The van der Waals surface area contributed by atoms with Gasteiger partial charge in [-0.25, -0.2) is 0 Å². The van der Waals surface area contributed by atoms with Gasteiger partial charge in [0.15, 0.2) is 0 Å². The lowest BCUT2D eigenvalue weighted by molar-refractivity contribution is -0.114. The number of carbonyl (C=O) groups excluding carboxylic acids is 1. The highest BCUT2D eigenvalue weighted by atomic mass is 35.5. The monoisotopic (exact) mass is 318 g/mol. The fourth-order valence-electron chi connectivity index (χ4n) is 2.03. The molecule has 1 amide bonds. The predicted molar refractivity (Wildman–Crippen MR) is 90.9 cm³/mol. The number of methoxy groups -OCH3 is 1. The molecule has 0 aliphatic rings. The number of hydrogen-bond acceptors (Lipinski definition) is 3. The molecule has 0 fully saturated rings. The molecule has 2 N–H and O–H groups in total. The maximum absolute atomic E-state index is 12.0. The second kappa shape index (κ2) is 7.71. The van der Waals surface area contributed by atoms with Crippen LogP contribution in [0.5, 0.6) is 5.75 Å². The molecule has 0 atom stereocenters. The van der Waals surface area contributed by atoms with Crippen LogP contribution in [0.25, 0.3) is 0 Å². The van der Waals surface area contributed by atoms with Crippen molar-refractivity contribution in [3.05, 3.63) is 53.1 Å². The van der Waals surface area contributed by atoms with Crippen LogP contribution in [0, 0.1) is 0 Å². The van der Waals surface area contributed by atoms with E-state index in [9.17, 15) is 4.79 Å². The Morgan fingerprint density at radius 1 is 1.18 bits per heavy atom. The van der Waals surface area contributed by atoms with Crippen LogP contribution in [-0.2, 0) is 11.2 Å². The van der Waals surface area contributed by atoms with E-state index in [4.69, 9.17) is 16.3 Å². The topological polar surface area (TPSA) is 50.4 Å². The number of aryl methyl sites for hydroxylation is 1. The van der Waals surface area contributed by atoms with Crippen LogP contribution in [0.2, 0.25) is 5.02 Å². The van der Waals surface area contributed by atoms with E-state index in [0.717, 1.165) is 17.8 Å². The van der Waals surface area contributed by atoms with Crippen molar-refractivity contribution < 1.29 is 9.53 Å². The number of carbonyl (C=O) groups is 1. The second-order valence-corrected chi connectivity index (χ2v) is 5.21. The second-order valence-electron chi connectivity index (χ2n) is 4.80. The first-order valence-corrected chi connectivity index (χ1v) is 7.46. The summed E-state index contributed by atoms with van der Waals surface area (Å²) in [4.78, 5) is 12.0. The summed E-state index contributed by atoms with van der Waals surface area (Å²) in [5, 5.41) is 6.40. The minimum atomic E-state index is -0.111. The summed E-state index contributed by atoms with van der Waals surface area (Å²) < 4.78 is 5.09. The van der Waals surface area contributed by atoms with Crippen molar-refractivity contribution in [3.8, 4) is 5.75 Å². The minimum absolute atomic E-state index is 0.111. The van der Waals surface area contributed by atoms with Crippen molar-refractivity contribution in [2.24, 2.45) is 0 Å². The van der Waals surface area contributed by atoms with E-state index in [1.165, 1.54) is 5.56 Å². The summed E-state index contributed by atoms with van der Waals surface area (Å²) in [7, 11) is 1.56. The number of benzene rings is 2. The molecule has 0 saturated heterocycles. The van der Waals surface area contributed by atoms with Crippen LogP contribution in [0.3, 0.4) is 0 Å². The molecule has 0 aliphatic heterocycles. The van der Waals surface area contributed by atoms with Gasteiger partial charge in [0.05, 0.1) is 18.7 Å². The third-order valence-electron chi connectivity index (χ3n) is 3.22. The Bertz CT molecular complexity index is 659. The summed E-state index contributed by atoms with van der Waals surface area (Å²) >= 11 is 6.04. The number of rotatable bonds is 6. The maximum atomic E-state index is 12.0. The fourth-order valence-corrected chi connectivity index (χ4v) is 2.29. The number of anilines is 2. The molecule has 0 radical (unpaired) electrons. The Balaban J connectivity index is 1.91. The van der Waals surface area contributed by atoms with Gasteiger partial charge < -0.3 is 15.4 Å². The van der Waals surface area contributed by atoms with Crippen LogP contribution in [-0.4, -0.2) is 19.6 Å². The molecule has 5 heteroatoms. The normalized spacial score (nSPS) is 10.1. The van der Waals surface area contributed by atoms with Gasteiger partial charge >= 0.3 is 0 Å². The molecule has 0 aliphatic carbocycles. The lowest BCUT2D eigenvalue weighted by Gasteiger charge is -2.10. The molecular weight excluding hydrogens is 300 g/mol. The number of nitrogens with one attached hydrogen (secondary N) is 2. The highest BCUT2D eigenvalue weighted by Gasteiger charge is 2.05. The summed E-state index contributed by atoms with van der Waals surface area (Å²) in [5.41, 5.74) is 2.76. The van der Waals surface area contributed by atoms with Crippen LogP contribution in [0.15, 0.2) is 42.5 Å². The average molecular weight is 319 g/mol. The molecule has 4 nitrogen and oxygen atoms in total. The molecule has 2 aromatic carbocycles. The zero-order valence-corrected chi connectivity index (χ0v) is 13.4. The van der Waals surface area contributed by atoms with E-state index in [1.807, 2.05) is 30.3 Å². The Morgan fingerprint density at radius 2 is 2.00 bits per heavy atom. The Hall–Kier alpha value is -2.20. The van der Waals surface area contributed by atoms with Crippen molar-refractivity contribution in [2.75, 3.05) is 24.3 Å². The summed E-state index contributed by atoms with van der Waals surface area (Å²) in [6, 6.07) is 13.1. The molecule has 0 bridgehead atoms. The molecular formula is C17H19ClN2O2. The van der Waals surface area contributed by atoms with Gasteiger partial charge in [-0.3, -0.25) is 4.79 Å². The van der Waals surface area contributed by atoms with E-state index in [-0.39, 0.29) is 12.5 Å². The van der Waals surface area contributed by atoms with Crippen molar-refractivity contribution >= 4 is 28.9 Å². The van der Waals surface area contributed by atoms with Crippen LogP contribution in [0.1, 0.15) is 12.5 Å². The SMILES string of the molecule is CCc1cccc(NC(=O)CNc2ccc(OC)c(Cl)c2)c1. The molecule has 22 heavy (non-hydrogen) atoms. The molecule has 0 unspecified atom stereocenters. The lowest BCUT2D eigenvalue weighted by Crippen LogP contribution is -2.21. The summed E-state index contributed by atoms with van der Waals surface area (Å²) in [5.74, 6) is 0.494. The first-order valence-electron chi connectivity index (χ1n) is 7.08. The van der Waals surface area contributed by atoms with Crippen LogP contribution in [0.4, 0.5) is 11.4 Å². The summed E-state index contributed by atoms with van der Waals surface area (Å²) in [6.45, 7) is 2.24. The summed E-state index contributed by atoms with van der Waals surface area (Å²) in [6.07, 6.45) is 0.937. The minimum Gasteiger partial charge on any atom is -0.495 e. The maximum Gasteiger partial charge on any atom is 0.243 e. The van der Waals surface area contributed by atoms with Gasteiger partial charge in [0.25, 0.3) is 0 Å². The van der Waals surface area contributed by atoms with Gasteiger partial charge in [0.1, 0.15) is 5.75 Å². The number of ether oxygens (including phenoxy) is 1. The quantitative estimate of drug-likeness (QED) is 0.847. The van der Waals surface area contributed by atoms with E-state index in [0.29, 0.717) is 10.8 Å². The zero-order valence-electron chi connectivity index (χ0n) is 12.7. The zero-order chi connectivity index (χ0) is 15.9.